The van der Waals surface area contributed by atoms with Crippen molar-refractivity contribution in [1.29, 1.82) is 0 Å². The van der Waals surface area contributed by atoms with Gasteiger partial charge in [0.25, 0.3) is 5.91 Å². The summed E-state index contributed by atoms with van der Waals surface area (Å²) in [4.78, 5) is 153. The fourth-order valence-corrected chi connectivity index (χ4v) is 8.51. The summed E-state index contributed by atoms with van der Waals surface area (Å²) < 4.78 is 0. The number of carbonyl (C=O) groups is 11. The van der Waals surface area contributed by atoms with Gasteiger partial charge in [0.05, 0.1) is 19.1 Å². The molecule has 1 aromatic heterocycles. The number of nitrogens with zero attached hydrogens (tertiary/aromatic N) is 1. The average molecular weight is 1170 g/mol. The molecule has 12 amide bonds. The number of guanidine groups is 1. The van der Waals surface area contributed by atoms with Crippen LogP contribution in [0.4, 0.5) is 4.79 Å². The van der Waals surface area contributed by atoms with Gasteiger partial charge in [0.15, 0.2) is 5.96 Å². The van der Waals surface area contributed by atoms with Crippen molar-refractivity contribution in [2.75, 3.05) is 20.1 Å². The number of phenols is 1. The summed E-state index contributed by atoms with van der Waals surface area (Å²) in [5.74, 6) is -9.29. The minimum Gasteiger partial charge on any atom is -0.508 e. The third-order valence-electron chi connectivity index (χ3n) is 12.8. The summed E-state index contributed by atoms with van der Waals surface area (Å²) in [6.07, 6.45) is -0.712. The second-order valence-corrected chi connectivity index (χ2v) is 20.1. The highest BCUT2D eigenvalue weighted by Crippen LogP contribution is 2.20. The Balaban J connectivity index is 1.45. The molecule has 8 atom stereocenters. The van der Waals surface area contributed by atoms with Crippen LogP contribution in [0.25, 0.3) is 10.9 Å². The number of benzene rings is 3. The maximum atomic E-state index is 14.1. The number of rotatable bonds is 31. The number of primary amides is 2. The molecule has 0 saturated carbocycles. The molecule has 84 heavy (non-hydrogen) atoms. The number of aliphatic imine (C=N–C) groups is 1. The fourth-order valence-electron chi connectivity index (χ4n) is 8.51. The van der Waals surface area contributed by atoms with Crippen LogP contribution < -0.4 is 75.9 Å². The largest absolute Gasteiger partial charge is 0.508 e. The van der Waals surface area contributed by atoms with E-state index < -0.39 is 126 Å². The van der Waals surface area contributed by atoms with Crippen LogP contribution >= 0.6 is 0 Å². The number of hydrazine groups is 1. The first-order chi connectivity index (χ1) is 39.8. The molecule has 29 heteroatoms. The second kappa shape index (κ2) is 33.2. The lowest BCUT2D eigenvalue weighted by Gasteiger charge is -2.27. The number of phenolic OH excluding ortho intramolecular Hbond substituents is 1. The van der Waals surface area contributed by atoms with Gasteiger partial charge in [0, 0.05) is 56.9 Å². The minimum absolute atomic E-state index is 0.0188. The van der Waals surface area contributed by atoms with Crippen molar-refractivity contribution in [2.45, 2.75) is 121 Å². The molecule has 0 aliphatic rings. The summed E-state index contributed by atoms with van der Waals surface area (Å²) in [7, 11) is 1.48. The first-order valence-corrected chi connectivity index (χ1v) is 26.8. The highest BCUT2D eigenvalue weighted by atomic mass is 16.3. The molecule has 0 radical (unpaired) electrons. The van der Waals surface area contributed by atoms with E-state index >= 15 is 0 Å². The predicted octanol–water partition coefficient (Wildman–Crippen LogP) is -3.25. The van der Waals surface area contributed by atoms with E-state index in [2.05, 4.69) is 68.7 Å². The second-order valence-electron chi connectivity index (χ2n) is 20.1. The number of fused-ring (bicyclic) bond motifs is 1. The number of para-hydroxylation sites is 1. The van der Waals surface area contributed by atoms with E-state index in [0.717, 1.165) is 17.8 Å². The number of carbonyl (C=O) groups excluding carboxylic acids is 11. The van der Waals surface area contributed by atoms with Crippen molar-refractivity contribution in [3.8, 4) is 5.75 Å². The number of aromatic nitrogens is 1. The molecule has 20 N–H and O–H groups in total. The van der Waals surface area contributed by atoms with Gasteiger partial charge in [-0.1, -0.05) is 74.5 Å². The molecule has 4 rings (SSSR count). The standard InChI is InChI=1S/C55H76N16O13/c1-29(2)22-40(50(80)65-38(16-11-21-60-54(58)59-5)49(79)66-39(47(57)77)25-34-27-61-37-15-10-9-14-36(34)37)68-55(84)71-70-52(82)42(23-32-12-7-6-8-13-32)67-53(83)46(30(3)72)69-51(81)43(26-44(56)75)64-45(76)28-62-48(78)41(63-31(4)73)24-33-17-19-35(74)20-18-33/h6-10,12-15,17-20,27,29-30,38-43,46,61,72,74H,11,16,21-26,28H2,1-5H3,(H2,56,75)(H2,57,77)(H,62,78)(H,63,73)(H,64,76)(H,65,80)(H,66,79)(H,67,83)(H,69,81)(H,70,82)(H3,58,59,60)(H2,68,71,84)/t30-,38+,39+,40+,41-,42+,43+,46+/m1/s1. The van der Waals surface area contributed by atoms with Crippen molar-refractivity contribution in [3.05, 3.63) is 102 Å². The quantitative estimate of drug-likeness (QED) is 0.0102. The van der Waals surface area contributed by atoms with Gasteiger partial charge in [-0.15, -0.1) is 0 Å². The van der Waals surface area contributed by atoms with Crippen molar-refractivity contribution < 1.29 is 63.0 Å². The van der Waals surface area contributed by atoms with Gasteiger partial charge in [-0.05, 0) is 67.0 Å². The molecule has 0 unspecified atom stereocenters. The molecule has 0 fully saturated rings. The zero-order valence-electron chi connectivity index (χ0n) is 47.2. The SMILES string of the molecule is CN=C(N)NCCC[C@H](NC(=O)[C@H](CC(C)C)NC(=O)NNC(=O)[C@H](Cc1ccccc1)NC(=O)[C@@H](NC(=O)[C@H](CC(N)=O)NC(=O)CNC(=O)[C@@H](Cc1ccc(O)cc1)NC(C)=O)[C@@H](C)O)C(=O)N[C@@H](Cc1c[nH]c2ccccc12)C(N)=O. The summed E-state index contributed by atoms with van der Waals surface area (Å²) >= 11 is 0. The number of amides is 12. The molecule has 29 nitrogen and oxygen atoms in total. The zero-order valence-corrected chi connectivity index (χ0v) is 47.2. The van der Waals surface area contributed by atoms with Crippen LogP contribution in [0.5, 0.6) is 5.75 Å². The lowest BCUT2D eigenvalue weighted by molar-refractivity contribution is -0.136. The number of nitrogens with two attached hydrogens (primary N) is 3. The highest BCUT2D eigenvalue weighted by Gasteiger charge is 2.35. The molecule has 1 heterocycles. The molecular weight excluding hydrogens is 1090 g/mol. The molecule has 0 bridgehead atoms. The summed E-state index contributed by atoms with van der Waals surface area (Å²) in [6, 6.07) is 10.2. The molecular formula is C55H76N16O13. The van der Waals surface area contributed by atoms with Gasteiger partial charge in [-0.2, -0.15) is 0 Å². The molecule has 0 aliphatic heterocycles. The first-order valence-electron chi connectivity index (χ1n) is 26.8. The van der Waals surface area contributed by atoms with Crippen LogP contribution in [-0.4, -0.2) is 155 Å². The van der Waals surface area contributed by atoms with Crippen molar-refractivity contribution >= 4 is 82.0 Å². The number of aliphatic hydroxyl groups is 1. The molecule has 454 valence electrons. The normalized spacial score (nSPS) is 14.1. The molecule has 0 spiro atoms. The number of aromatic hydroxyl groups is 1. The van der Waals surface area contributed by atoms with E-state index in [1.54, 1.807) is 50.4 Å². The Kier molecular flexibility index (Phi) is 26.4. The van der Waals surface area contributed by atoms with Gasteiger partial charge in [-0.25, -0.2) is 10.2 Å². The van der Waals surface area contributed by atoms with Crippen LogP contribution in [-0.2, 0) is 67.2 Å². The van der Waals surface area contributed by atoms with Crippen molar-refractivity contribution in [2.24, 2.45) is 28.1 Å². The van der Waals surface area contributed by atoms with Gasteiger partial charge >= 0.3 is 6.03 Å². The Morgan fingerprint density at radius 3 is 1.81 bits per heavy atom. The van der Waals surface area contributed by atoms with Crippen molar-refractivity contribution in [3.63, 3.8) is 0 Å². The smallest absolute Gasteiger partial charge is 0.334 e. The fraction of sp³-hybridized carbons (Fsp3) is 0.418. The number of hydrogen-bond donors (Lipinski definition) is 17. The van der Waals surface area contributed by atoms with Gasteiger partial charge < -0.3 is 80.2 Å². The van der Waals surface area contributed by atoms with E-state index in [1.807, 2.05) is 24.3 Å². The van der Waals surface area contributed by atoms with E-state index in [0.29, 0.717) is 16.7 Å². The van der Waals surface area contributed by atoms with Crippen LogP contribution in [0.3, 0.4) is 0 Å². The lowest BCUT2D eigenvalue weighted by atomic mass is 10.0. The highest BCUT2D eigenvalue weighted by molar-refractivity contribution is 5.98. The predicted molar refractivity (Wildman–Crippen MR) is 307 cm³/mol. The summed E-state index contributed by atoms with van der Waals surface area (Å²) in [5.41, 5.74) is 23.9. The van der Waals surface area contributed by atoms with Crippen LogP contribution in [0, 0.1) is 5.92 Å². The number of urea groups is 1. The van der Waals surface area contributed by atoms with Crippen LogP contribution in [0.2, 0.25) is 0 Å². The maximum Gasteiger partial charge on any atom is 0.334 e. The Bertz CT molecular complexity index is 2970. The minimum atomic E-state index is -1.85. The summed E-state index contributed by atoms with van der Waals surface area (Å²) in [6.45, 7) is 5.32. The maximum absolute atomic E-state index is 14.1. The van der Waals surface area contributed by atoms with E-state index in [9.17, 15) is 63.0 Å². The molecule has 4 aromatic rings. The van der Waals surface area contributed by atoms with Crippen LogP contribution in [0.15, 0.2) is 90.1 Å². The first kappa shape index (κ1) is 66.7. The Morgan fingerprint density at radius 2 is 1.19 bits per heavy atom. The number of nitrogens with one attached hydrogen (secondary N) is 12. The summed E-state index contributed by atoms with van der Waals surface area (Å²) in [5, 5.41) is 43.7. The number of aliphatic hydroxyl groups excluding tert-OH is 1. The monoisotopic (exact) mass is 1170 g/mol. The van der Waals surface area contributed by atoms with E-state index in [-0.39, 0.29) is 62.7 Å². The lowest BCUT2D eigenvalue weighted by Crippen LogP contribution is -2.62. The third-order valence-corrected chi connectivity index (χ3v) is 12.8. The topological polar surface area (TPSA) is 467 Å². The van der Waals surface area contributed by atoms with E-state index in [4.69, 9.17) is 17.2 Å². The van der Waals surface area contributed by atoms with Gasteiger partial charge in [0.2, 0.25) is 53.2 Å². The third kappa shape index (κ3) is 22.6. The average Bonchev–Trinajstić information content (AvgIpc) is 4.12. The Hall–Kier alpha value is -9.80. The molecule has 3 aromatic carbocycles. The Labute approximate surface area is 484 Å². The molecule has 0 aliphatic carbocycles. The number of hydrogen-bond acceptors (Lipinski definition) is 14. The van der Waals surface area contributed by atoms with Gasteiger partial charge in [-0.3, -0.25) is 58.4 Å². The van der Waals surface area contributed by atoms with Gasteiger partial charge in [0.1, 0.15) is 48.0 Å². The van der Waals surface area contributed by atoms with Crippen molar-refractivity contribution in [1.82, 2.24) is 63.7 Å². The number of aromatic amines is 1. The molecule has 0 saturated heterocycles. The Morgan fingerprint density at radius 1 is 0.595 bits per heavy atom. The zero-order chi connectivity index (χ0) is 62.0. The van der Waals surface area contributed by atoms with E-state index in [1.165, 1.54) is 38.2 Å². The van der Waals surface area contributed by atoms with Crippen LogP contribution in [0.1, 0.15) is 70.1 Å². The number of H-pyrrole nitrogens is 1.